The smallest absolute Gasteiger partial charge is 0.0175 e. The summed E-state index contributed by atoms with van der Waals surface area (Å²) in [6.07, 6.45) is 11.2. The molecule has 1 N–H and O–H groups in total. The maximum Gasteiger partial charge on any atom is 0.0175 e. The van der Waals surface area contributed by atoms with E-state index in [4.69, 9.17) is 0 Å². The summed E-state index contributed by atoms with van der Waals surface area (Å²) in [6, 6.07) is 0. The zero-order valence-corrected chi connectivity index (χ0v) is 8.76. The molecule has 0 radical (unpaired) electrons. The van der Waals surface area contributed by atoms with Gasteiger partial charge < -0.3 is 10.2 Å². The van der Waals surface area contributed by atoms with E-state index in [1.54, 1.807) is 0 Å². The van der Waals surface area contributed by atoms with Gasteiger partial charge in [-0.05, 0) is 45.5 Å². The summed E-state index contributed by atoms with van der Waals surface area (Å²) < 4.78 is 0. The van der Waals surface area contributed by atoms with Gasteiger partial charge in [0.25, 0.3) is 0 Å². The third-order valence-electron chi connectivity index (χ3n) is 2.50. The fourth-order valence-electron chi connectivity index (χ4n) is 1.69. The third-order valence-corrected chi connectivity index (χ3v) is 2.50. The summed E-state index contributed by atoms with van der Waals surface area (Å²) >= 11 is 0. The number of rotatable bonds is 6. The van der Waals surface area contributed by atoms with Gasteiger partial charge in [0.1, 0.15) is 0 Å². The Labute approximate surface area is 82.0 Å². The van der Waals surface area contributed by atoms with Gasteiger partial charge in [-0.2, -0.15) is 0 Å². The Bertz CT molecular complexity index is 143. The lowest BCUT2D eigenvalue weighted by Gasteiger charge is -2.23. The molecule has 0 bridgehead atoms. The summed E-state index contributed by atoms with van der Waals surface area (Å²) in [5, 5.41) is 3.18. The van der Waals surface area contributed by atoms with E-state index in [0.717, 1.165) is 6.54 Å². The largest absolute Gasteiger partial charge is 0.378 e. The molecule has 0 aliphatic carbocycles. The molecular formula is C11H22N2. The topological polar surface area (TPSA) is 15.3 Å². The van der Waals surface area contributed by atoms with Gasteiger partial charge >= 0.3 is 0 Å². The number of nitrogens with zero attached hydrogens (tertiary/aromatic N) is 1. The van der Waals surface area contributed by atoms with Gasteiger partial charge in [-0.15, -0.1) is 0 Å². The first-order chi connectivity index (χ1) is 6.43. The van der Waals surface area contributed by atoms with Crippen LogP contribution in [0.3, 0.4) is 0 Å². The number of hydrogen-bond acceptors (Lipinski definition) is 2. The summed E-state index contributed by atoms with van der Waals surface area (Å²) in [5.74, 6) is 0. The molecule has 1 rings (SSSR count). The Kier molecular flexibility index (Phi) is 5.66. The first-order valence-electron chi connectivity index (χ1n) is 5.49. The molecule has 1 heterocycles. The molecule has 0 aromatic carbocycles. The molecule has 0 spiro atoms. The zero-order valence-electron chi connectivity index (χ0n) is 8.76. The zero-order chi connectivity index (χ0) is 9.36. The van der Waals surface area contributed by atoms with Gasteiger partial charge in [0.2, 0.25) is 0 Å². The summed E-state index contributed by atoms with van der Waals surface area (Å²) in [4.78, 5) is 2.45. The molecule has 1 aliphatic rings. The minimum absolute atomic E-state index is 1.16. The van der Waals surface area contributed by atoms with Crippen LogP contribution in [0, 0.1) is 0 Å². The van der Waals surface area contributed by atoms with E-state index in [9.17, 15) is 0 Å². The van der Waals surface area contributed by atoms with Crippen molar-refractivity contribution in [3.05, 3.63) is 12.3 Å². The highest BCUT2D eigenvalue weighted by molar-refractivity contribution is 4.87. The Morgan fingerprint density at radius 3 is 2.92 bits per heavy atom. The van der Waals surface area contributed by atoms with Crippen LogP contribution in [0.15, 0.2) is 12.3 Å². The van der Waals surface area contributed by atoms with Gasteiger partial charge in [0.05, 0.1) is 0 Å². The number of hydrogen-bond donors (Lipinski definition) is 1. The number of allylic oxidation sites excluding steroid dienone is 1. The molecular weight excluding hydrogens is 160 g/mol. The van der Waals surface area contributed by atoms with Gasteiger partial charge in [0, 0.05) is 13.1 Å². The van der Waals surface area contributed by atoms with Gasteiger partial charge in [-0.25, -0.2) is 0 Å². The van der Waals surface area contributed by atoms with Crippen LogP contribution < -0.4 is 5.32 Å². The second kappa shape index (κ2) is 6.96. The second-order valence-corrected chi connectivity index (χ2v) is 3.73. The fraction of sp³-hybridized carbons (Fsp3) is 0.818. The molecule has 0 saturated heterocycles. The molecule has 0 saturated carbocycles. The quantitative estimate of drug-likeness (QED) is 0.632. The molecule has 2 nitrogen and oxygen atoms in total. The van der Waals surface area contributed by atoms with E-state index in [2.05, 4.69) is 22.5 Å². The van der Waals surface area contributed by atoms with Crippen LogP contribution >= 0.6 is 0 Å². The molecule has 0 fully saturated rings. The predicted molar refractivity (Wildman–Crippen MR) is 57.7 cm³/mol. The Morgan fingerprint density at radius 1 is 1.31 bits per heavy atom. The van der Waals surface area contributed by atoms with Gasteiger partial charge in [-0.3, -0.25) is 0 Å². The van der Waals surface area contributed by atoms with Crippen LogP contribution in [0.25, 0.3) is 0 Å². The normalized spacial score (nSPS) is 16.5. The average molecular weight is 182 g/mol. The Balaban J connectivity index is 1.92. The molecule has 2 heteroatoms. The number of nitrogens with one attached hydrogen (secondary N) is 1. The first-order valence-corrected chi connectivity index (χ1v) is 5.49. The Morgan fingerprint density at radius 2 is 2.23 bits per heavy atom. The SMILES string of the molecule is CNCCCCCN1C=CCCC1. The minimum Gasteiger partial charge on any atom is -0.378 e. The average Bonchev–Trinajstić information content (AvgIpc) is 2.19. The molecule has 0 aromatic heterocycles. The minimum atomic E-state index is 1.16. The fourth-order valence-corrected chi connectivity index (χ4v) is 1.69. The second-order valence-electron chi connectivity index (χ2n) is 3.73. The standard InChI is InChI=1S/C11H22N2/c1-12-8-4-2-5-9-13-10-6-3-7-11-13/h6,10,12H,2-5,7-9,11H2,1H3. The lowest BCUT2D eigenvalue weighted by atomic mass is 10.2. The van der Waals surface area contributed by atoms with Crippen molar-refractivity contribution < 1.29 is 0 Å². The van der Waals surface area contributed by atoms with Crippen molar-refractivity contribution in [3.63, 3.8) is 0 Å². The van der Waals surface area contributed by atoms with E-state index < -0.39 is 0 Å². The van der Waals surface area contributed by atoms with E-state index >= 15 is 0 Å². The summed E-state index contributed by atoms with van der Waals surface area (Å²) in [6.45, 7) is 3.68. The summed E-state index contributed by atoms with van der Waals surface area (Å²) in [7, 11) is 2.02. The van der Waals surface area contributed by atoms with Crippen LogP contribution in [0.1, 0.15) is 32.1 Å². The highest BCUT2D eigenvalue weighted by Crippen LogP contribution is 2.07. The van der Waals surface area contributed by atoms with Crippen LogP contribution in [-0.2, 0) is 0 Å². The van der Waals surface area contributed by atoms with Gasteiger partial charge in [-0.1, -0.05) is 12.5 Å². The molecule has 0 unspecified atom stereocenters. The van der Waals surface area contributed by atoms with Gasteiger partial charge in [0.15, 0.2) is 0 Å². The maximum atomic E-state index is 3.18. The molecule has 13 heavy (non-hydrogen) atoms. The molecule has 0 aromatic rings. The van der Waals surface area contributed by atoms with Crippen LogP contribution in [0.5, 0.6) is 0 Å². The van der Waals surface area contributed by atoms with E-state index in [1.165, 1.54) is 45.2 Å². The first kappa shape index (κ1) is 10.6. The lowest BCUT2D eigenvalue weighted by molar-refractivity contribution is 0.344. The van der Waals surface area contributed by atoms with Crippen LogP contribution in [0.2, 0.25) is 0 Å². The van der Waals surface area contributed by atoms with E-state index in [-0.39, 0.29) is 0 Å². The van der Waals surface area contributed by atoms with Crippen molar-refractivity contribution in [1.29, 1.82) is 0 Å². The van der Waals surface area contributed by atoms with Crippen LogP contribution in [0.4, 0.5) is 0 Å². The predicted octanol–water partition coefficient (Wildman–Crippen LogP) is 1.99. The monoisotopic (exact) mass is 182 g/mol. The molecule has 76 valence electrons. The number of unbranched alkanes of at least 4 members (excludes halogenated alkanes) is 2. The van der Waals surface area contributed by atoms with Crippen molar-refractivity contribution >= 4 is 0 Å². The molecule has 0 atom stereocenters. The van der Waals surface area contributed by atoms with Crippen LogP contribution in [-0.4, -0.2) is 31.6 Å². The van der Waals surface area contributed by atoms with Crippen molar-refractivity contribution in [2.75, 3.05) is 26.7 Å². The van der Waals surface area contributed by atoms with Crippen molar-refractivity contribution in [3.8, 4) is 0 Å². The lowest BCUT2D eigenvalue weighted by Crippen LogP contribution is -2.22. The Hall–Kier alpha value is -0.500. The van der Waals surface area contributed by atoms with Crippen molar-refractivity contribution in [2.24, 2.45) is 0 Å². The highest BCUT2D eigenvalue weighted by Gasteiger charge is 2.01. The van der Waals surface area contributed by atoms with E-state index in [1.807, 2.05) is 7.05 Å². The van der Waals surface area contributed by atoms with E-state index in [0.29, 0.717) is 0 Å². The summed E-state index contributed by atoms with van der Waals surface area (Å²) in [5.41, 5.74) is 0. The highest BCUT2D eigenvalue weighted by atomic mass is 15.1. The molecule has 0 amide bonds. The van der Waals surface area contributed by atoms with Crippen molar-refractivity contribution in [2.45, 2.75) is 32.1 Å². The maximum absolute atomic E-state index is 3.18. The molecule has 1 aliphatic heterocycles. The van der Waals surface area contributed by atoms with Crippen molar-refractivity contribution in [1.82, 2.24) is 10.2 Å². The third kappa shape index (κ3) is 4.94.